The quantitative estimate of drug-likeness (QED) is 0.481. The second-order valence-corrected chi connectivity index (χ2v) is 8.08. The SMILES string of the molecule is O=C(CNC(=O)c1cccc([N+](=O)[O-])c1)NCC1CCN(Cc2ccc(Cl)cc2)CC1. The van der Waals surface area contributed by atoms with Crippen LogP contribution in [0.4, 0.5) is 5.69 Å². The molecule has 2 amide bonds. The molecule has 164 valence electrons. The monoisotopic (exact) mass is 444 g/mol. The van der Waals surface area contributed by atoms with Crippen molar-refractivity contribution in [2.75, 3.05) is 26.2 Å². The second kappa shape index (κ2) is 10.9. The summed E-state index contributed by atoms with van der Waals surface area (Å²) in [5, 5.41) is 16.9. The minimum absolute atomic E-state index is 0.148. The largest absolute Gasteiger partial charge is 0.354 e. The summed E-state index contributed by atoms with van der Waals surface area (Å²) in [4.78, 5) is 36.8. The van der Waals surface area contributed by atoms with Gasteiger partial charge in [-0.1, -0.05) is 29.8 Å². The summed E-state index contributed by atoms with van der Waals surface area (Å²) in [7, 11) is 0. The van der Waals surface area contributed by atoms with E-state index in [1.165, 1.54) is 29.8 Å². The third-order valence-electron chi connectivity index (χ3n) is 5.34. The van der Waals surface area contributed by atoms with Gasteiger partial charge in [0.25, 0.3) is 11.6 Å². The van der Waals surface area contributed by atoms with Crippen LogP contribution in [-0.4, -0.2) is 47.8 Å². The van der Waals surface area contributed by atoms with Crippen LogP contribution in [0.5, 0.6) is 0 Å². The number of nitrogens with one attached hydrogen (secondary N) is 2. The van der Waals surface area contributed by atoms with E-state index in [2.05, 4.69) is 15.5 Å². The van der Waals surface area contributed by atoms with Crippen molar-refractivity contribution in [2.45, 2.75) is 19.4 Å². The third kappa shape index (κ3) is 7.04. The van der Waals surface area contributed by atoms with Crippen LogP contribution in [0.1, 0.15) is 28.8 Å². The summed E-state index contributed by atoms with van der Waals surface area (Å²) < 4.78 is 0. The van der Waals surface area contributed by atoms with E-state index in [-0.39, 0.29) is 23.7 Å². The molecule has 0 radical (unpaired) electrons. The number of likely N-dealkylation sites (tertiary alicyclic amines) is 1. The van der Waals surface area contributed by atoms with Crippen LogP contribution >= 0.6 is 11.6 Å². The number of nitrogens with zero attached hydrogens (tertiary/aromatic N) is 2. The average molecular weight is 445 g/mol. The van der Waals surface area contributed by atoms with Gasteiger partial charge in [-0.25, -0.2) is 0 Å². The van der Waals surface area contributed by atoms with E-state index in [4.69, 9.17) is 11.6 Å². The van der Waals surface area contributed by atoms with Crippen LogP contribution in [0, 0.1) is 16.0 Å². The molecular formula is C22H25ClN4O4. The van der Waals surface area contributed by atoms with Crippen molar-refractivity contribution in [2.24, 2.45) is 5.92 Å². The molecule has 0 unspecified atom stereocenters. The molecule has 2 aromatic rings. The summed E-state index contributed by atoms with van der Waals surface area (Å²) in [6, 6.07) is 13.3. The number of rotatable bonds is 8. The van der Waals surface area contributed by atoms with Crippen molar-refractivity contribution in [3.63, 3.8) is 0 Å². The molecule has 2 aromatic carbocycles. The predicted molar refractivity (Wildman–Crippen MR) is 118 cm³/mol. The van der Waals surface area contributed by atoms with E-state index in [9.17, 15) is 19.7 Å². The summed E-state index contributed by atoms with van der Waals surface area (Å²) >= 11 is 5.93. The molecule has 3 rings (SSSR count). The fourth-order valence-electron chi connectivity index (χ4n) is 3.54. The summed E-state index contributed by atoms with van der Waals surface area (Å²) in [5.41, 5.74) is 1.21. The van der Waals surface area contributed by atoms with Gasteiger partial charge in [-0.3, -0.25) is 24.6 Å². The first-order chi connectivity index (χ1) is 14.9. The van der Waals surface area contributed by atoms with Gasteiger partial charge in [0.05, 0.1) is 11.5 Å². The Kier molecular flexibility index (Phi) is 7.97. The molecule has 2 N–H and O–H groups in total. The number of hydrogen-bond donors (Lipinski definition) is 2. The van der Waals surface area contributed by atoms with Gasteiger partial charge >= 0.3 is 0 Å². The van der Waals surface area contributed by atoms with E-state index in [1.54, 1.807) is 0 Å². The highest BCUT2D eigenvalue weighted by atomic mass is 35.5. The molecule has 1 heterocycles. The third-order valence-corrected chi connectivity index (χ3v) is 5.60. The van der Waals surface area contributed by atoms with Gasteiger partial charge in [-0.05, 0) is 55.6 Å². The molecule has 0 spiro atoms. The van der Waals surface area contributed by atoms with Gasteiger partial charge < -0.3 is 10.6 Å². The highest BCUT2D eigenvalue weighted by molar-refractivity contribution is 6.30. The highest BCUT2D eigenvalue weighted by Crippen LogP contribution is 2.19. The zero-order valence-electron chi connectivity index (χ0n) is 17.1. The smallest absolute Gasteiger partial charge is 0.270 e. The number of hydrogen-bond acceptors (Lipinski definition) is 5. The Bertz CT molecular complexity index is 927. The van der Waals surface area contributed by atoms with Crippen LogP contribution in [0.3, 0.4) is 0 Å². The minimum atomic E-state index is -0.565. The molecule has 31 heavy (non-hydrogen) atoms. The van der Waals surface area contributed by atoms with Gasteiger partial charge in [0.15, 0.2) is 0 Å². The van der Waals surface area contributed by atoms with Crippen molar-refractivity contribution in [1.29, 1.82) is 0 Å². The Morgan fingerprint density at radius 2 is 1.81 bits per heavy atom. The molecular weight excluding hydrogens is 420 g/mol. The fraction of sp³-hybridized carbons (Fsp3) is 0.364. The number of benzene rings is 2. The fourth-order valence-corrected chi connectivity index (χ4v) is 3.67. The van der Waals surface area contributed by atoms with E-state index in [0.29, 0.717) is 12.5 Å². The first kappa shape index (κ1) is 22.7. The zero-order chi connectivity index (χ0) is 22.2. The summed E-state index contributed by atoms with van der Waals surface area (Å²) in [6.07, 6.45) is 1.99. The molecule has 9 heteroatoms. The van der Waals surface area contributed by atoms with Crippen molar-refractivity contribution >= 4 is 29.1 Å². The van der Waals surface area contributed by atoms with Crippen LogP contribution in [0.2, 0.25) is 5.02 Å². The Morgan fingerprint density at radius 3 is 2.48 bits per heavy atom. The lowest BCUT2D eigenvalue weighted by Gasteiger charge is -2.32. The molecule has 1 aliphatic heterocycles. The van der Waals surface area contributed by atoms with Crippen molar-refractivity contribution < 1.29 is 14.5 Å². The van der Waals surface area contributed by atoms with Crippen LogP contribution in [-0.2, 0) is 11.3 Å². The first-order valence-corrected chi connectivity index (χ1v) is 10.5. The van der Waals surface area contributed by atoms with E-state index in [1.807, 2.05) is 24.3 Å². The Labute approximate surface area is 185 Å². The number of non-ortho nitro benzene ring substituents is 1. The topological polar surface area (TPSA) is 105 Å². The van der Waals surface area contributed by atoms with Crippen LogP contribution in [0.25, 0.3) is 0 Å². The van der Waals surface area contributed by atoms with E-state index >= 15 is 0 Å². The Morgan fingerprint density at radius 1 is 1.10 bits per heavy atom. The zero-order valence-corrected chi connectivity index (χ0v) is 17.8. The van der Waals surface area contributed by atoms with Crippen molar-refractivity contribution in [3.8, 4) is 0 Å². The number of amides is 2. The van der Waals surface area contributed by atoms with Gasteiger partial charge in [0, 0.05) is 35.8 Å². The lowest BCUT2D eigenvalue weighted by Crippen LogP contribution is -2.41. The van der Waals surface area contributed by atoms with Crippen LogP contribution in [0.15, 0.2) is 48.5 Å². The molecule has 0 atom stereocenters. The van der Waals surface area contributed by atoms with Gasteiger partial charge in [-0.2, -0.15) is 0 Å². The number of piperidine rings is 1. The number of nitro benzene ring substituents is 1. The number of halogens is 1. The molecule has 0 aromatic heterocycles. The second-order valence-electron chi connectivity index (χ2n) is 7.64. The molecule has 1 aliphatic rings. The summed E-state index contributed by atoms with van der Waals surface area (Å²) in [6.45, 7) is 3.22. The molecule has 0 saturated carbocycles. The highest BCUT2D eigenvalue weighted by Gasteiger charge is 2.20. The van der Waals surface area contributed by atoms with Crippen molar-refractivity contribution in [1.82, 2.24) is 15.5 Å². The lowest BCUT2D eigenvalue weighted by molar-refractivity contribution is -0.384. The van der Waals surface area contributed by atoms with Gasteiger partial charge in [0.2, 0.25) is 5.91 Å². The molecule has 1 saturated heterocycles. The molecule has 8 nitrogen and oxygen atoms in total. The predicted octanol–water partition coefficient (Wildman–Crippen LogP) is 3.01. The molecule has 0 bridgehead atoms. The standard InChI is InChI=1S/C22H25ClN4O4/c23-19-6-4-17(5-7-19)15-26-10-8-16(9-11-26)13-24-21(28)14-25-22(29)18-2-1-3-20(12-18)27(30)31/h1-7,12,16H,8-11,13-15H2,(H,24,28)(H,25,29). The average Bonchev–Trinajstić information content (AvgIpc) is 2.78. The lowest BCUT2D eigenvalue weighted by atomic mass is 9.96. The number of carbonyl (C=O) groups is 2. The Hall–Kier alpha value is -2.97. The van der Waals surface area contributed by atoms with Gasteiger partial charge in [0.1, 0.15) is 0 Å². The Balaban J connectivity index is 1.35. The normalized spacial score (nSPS) is 14.7. The maximum atomic E-state index is 12.1. The summed E-state index contributed by atoms with van der Waals surface area (Å²) in [5.74, 6) is -0.394. The van der Waals surface area contributed by atoms with Crippen molar-refractivity contribution in [3.05, 3.63) is 74.8 Å². The maximum absolute atomic E-state index is 12.1. The number of carbonyl (C=O) groups excluding carboxylic acids is 2. The number of nitro groups is 1. The van der Waals surface area contributed by atoms with E-state index in [0.717, 1.165) is 37.5 Å². The van der Waals surface area contributed by atoms with E-state index < -0.39 is 10.8 Å². The minimum Gasteiger partial charge on any atom is -0.354 e. The van der Waals surface area contributed by atoms with Crippen LogP contribution < -0.4 is 10.6 Å². The molecule has 1 fully saturated rings. The maximum Gasteiger partial charge on any atom is 0.270 e. The van der Waals surface area contributed by atoms with Gasteiger partial charge in [-0.15, -0.1) is 0 Å². The molecule has 0 aliphatic carbocycles. The first-order valence-electron chi connectivity index (χ1n) is 10.2.